The van der Waals surface area contributed by atoms with E-state index in [0.29, 0.717) is 0 Å². The molecule has 0 amide bonds. The summed E-state index contributed by atoms with van der Waals surface area (Å²) in [6.45, 7) is 8.00. The van der Waals surface area contributed by atoms with Crippen molar-refractivity contribution in [2.75, 3.05) is 0 Å². The van der Waals surface area contributed by atoms with Crippen LogP contribution in [0.5, 0.6) is 0 Å². The summed E-state index contributed by atoms with van der Waals surface area (Å²) in [4.78, 5) is 3.58. The summed E-state index contributed by atoms with van der Waals surface area (Å²) < 4.78 is 2.29. The molecule has 0 bridgehead atoms. The van der Waals surface area contributed by atoms with E-state index in [-0.39, 0.29) is 0 Å². The van der Waals surface area contributed by atoms with Crippen LogP contribution < -0.4 is 0 Å². The zero-order chi connectivity index (χ0) is 18.0. The van der Waals surface area contributed by atoms with Crippen molar-refractivity contribution in [3.05, 3.63) is 53.7 Å². The number of aromatic amines is 1. The molecule has 25 heavy (non-hydrogen) atoms. The van der Waals surface area contributed by atoms with Crippen LogP contribution in [-0.4, -0.2) is 9.55 Å². The van der Waals surface area contributed by atoms with E-state index in [0.717, 1.165) is 12.8 Å². The highest BCUT2D eigenvalue weighted by Crippen LogP contribution is 2.35. The summed E-state index contributed by atoms with van der Waals surface area (Å²) in [6.07, 6.45) is 6.77. The van der Waals surface area contributed by atoms with Crippen LogP contribution in [-0.2, 0) is 13.5 Å². The lowest BCUT2D eigenvalue weighted by Gasteiger charge is -2.04. The van der Waals surface area contributed by atoms with Gasteiger partial charge in [-0.1, -0.05) is 52.0 Å². The fraction of sp³-hybridized carbons (Fsp3) is 0.304. The summed E-state index contributed by atoms with van der Waals surface area (Å²) in [5.74, 6) is 0. The fourth-order valence-corrected chi connectivity index (χ4v) is 3.76. The SMILES string of the molecule is CC.CC.Cn1c2ccccc2c2cc3c4c([nH]c3cc21)C=CCC4. The van der Waals surface area contributed by atoms with Crippen molar-refractivity contribution < 1.29 is 0 Å². The van der Waals surface area contributed by atoms with Gasteiger partial charge in [-0.2, -0.15) is 0 Å². The minimum atomic E-state index is 1.14. The van der Waals surface area contributed by atoms with Gasteiger partial charge in [0, 0.05) is 39.9 Å². The van der Waals surface area contributed by atoms with Gasteiger partial charge in [-0.25, -0.2) is 0 Å². The number of allylic oxidation sites excluding steroid dienone is 1. The van der Waals surface area contributed by atoms with Crippen LogP contribution >= 0.6 is 0 Å². The quantitative estimate of drug-likeness (QED) is 0.364. The van der Waals surface area contributed by atoms with Gasteiger partial charge in [0.2, 0.25) is 0 Å². The molecular weight excluding hydrogens is 304 g/mol. The number of para-hydroxylation sites is 1. The number of H-pyrrole nitrogens is 1. The molecule has 0 saturated carbocycles. The number of hydrogen-bond acceptors (Lipinski definition) is 0. The fourth-order valence-electron chi connectivity index (χ4n) is 3.76. The zero-order valence-corrected chi connectivity index (χ0v) is 16.0. The Bertz CT molecular complexity index is 1040. The molecule has 0 saturated heterocycles. The standard InChI is InChI=1S/C19H16N2.2C2H6/c1-21-18-9-5-3-7-13(18)15-10-14-12-6-2-4-8-16(12)20-17(14)11-19(15)21;2*1-2/h3-5,7-11,20H,2,6H2,1H3;2*1-2H3. The predicted octanol–water partition coefficient (Wildman–Crippen LogP) is 6.82. The summed E-state index contributed by atoms with van der Waals surface area (Å²) in [5, 5.41) is 4.09. The molecule has 2 aromatic carbocycles. The smallest absolute Gasteiger partial charge is 0.0510 e. The second-order valence-electron chi connectivity index (χ2n) is 5.95. The number of aryl methyl sites for hydroxylation is 2. The van der Waals surface area contributed by atoms with Crippen LogP contribution in [0.4, 0.5) is 0 Å². The van der Waals surface area contributed by atoms with E-state index in [4.69, 9.17) is 0 Å². The van der Waals surface area contributed by atoms with Gasteiger partial charge in [-0.05, 0) is 42.7 Å². The Morgan fingerprint density at radius 1 is 0.880 bits per heavy atom. The number of nitrogens with one attached hydrogen (secondary N) is 1. The third-order valence-electron chi connectivity index (χ3n) is 4.82. The maximum absolute atomic E-state index is 3.58. The monoisotopic (exact) mass is 332 g/mol. The number of rotatable bonds is 0. The topological polar surface area (TPSA) is 20.7 Å². The van der Waals surface area contributed by atoms with Crippen LogP contribution in [0.25, 0.3) is 38.8 Å². The molecule has 0 spiro atoms. The zero-order valence-electron chi connectivity index (χ0n) is 16.0. The number of benzene rings is 2. The summed E-state index contributed by atoms with van der Waals surface area (Å²) in [7, 11) is 2.15. The van der Waals surface area contributed by atoms with Gasteiger partial charge in [0.1, 0.15) is 0 Å². The third kappa shape index (κ3) is 2.66. The third-order valence-corrected chi connectivity index (χ3v) is 4.82. The molecule has 1 aliphatic carbocycles. The Labute approximate surface area is 150 Å². The van der Waals surface area contributed by atoms with Gasteiger partial charge in [0.25, 0.3) is 0 Å². The number of hydrogen-bond donors (Lipinski definition) is 1. The molecule has 4 aromatic rings. The second kappa shape index (κ2) is 7.18. The number of aromatic nitrogens is 2. The maximum atomic E-state index is 3.58. The molecule has 1 N–H and O–H groups in total. The highest BCUT2D eigenvalue weighted by molar-refractivity contribution is 6.13. The minimum Gasteiger partial charge on any atom is -0.355 e. The van der Waals surface area contributed by atoms with E-state index < -0.39 is 0 Å². The Balaban J connectivity index is 0.000000428. The van der Waals surface area contributed by atoms with E-state index in [1.165, 1.54) is 44.0 Å². The Morgan fingerprint density at radius 3 is 2.44 bits per heavy atom. The molecule has 2 nitrogen and oxygen atoms in total. The molecule has 2 aromatic heterocycles. The van der Waals surface area contributed by atoms with E-state index in [2.05, 4.69) is 65.1 Å². The molecule has 2 heterocycles. The van der Waals surface area contributed by atoms with Gasteiger partial charge in [0.05, 0.1) is 5.52 Å². The van der Waals surface area contributed by atoms with E-state index in [9.17, 15) is 0 Å². The molecule has 5 rings (SSSR count). The van der Waals surface area contributed by atoms with Crippen molar-refractivity contribution in [2.24, 2.45) is 7.05 Å². The van der Waals surface area contributed by atoms with E-state index >= 15 is 0 Å². The average Bonchev–Trinajstić information content (AvgIpc) is 3.19. The first-order valence-electron chi connectivity index (χ1n) is 9.51. The van der Waals surface area contributed by atoms with Gasteiger partial charge >= 0.3 is 0 Å². The molecule has 130 valence electrons. The largest absolute Gasteiger partial charge is 0.355 e. The first-order valence-corrected chi connectivity index (χ1v) is 9.51. The van der Waals surface area contributed by atoms with Crippen LogP contribution in [0.2, 0.25) is 0 Å². The molecule has 2 heteroatoms. The summed E-state index contributed by atoms with van der Waals surface area (Å²) in [5.41, 5.74) is 6.61. The molecule has 0 aliphatic heterocycles. The Hall–Kier alpha value is -2.48. The van der Waals surface area contributed by atoms with Gasteiger partial charge in [-0.3, -0.25) is 0 Å². The van der Waals surface area contributed by atoms with Crippen molar-refractivity contribution in [3.8, 4) is 0 Å². The molecule has 0 radical (unpaired) electrons. The normalized spacial score (nSPS) is 12.5. The Morgan fingerprint density at radius 2 is 1.64 bits per heavy atom. The van der Waals surface area contributed by atoms with E-state index in [1.54, 1.807) is 0 Å². The van der Waals surface area contributed by atoms with Gasteiger partial charge < -0.3 is 9.55 Å². The Kier molecular flexibility index (Phi) is 4.98. The van der Waals surface area contributed by atoms with Crippen LogP contribution in [0.3, 0.4) is 0 Å². The highest BCUT2D eigenvalue weighted by Gasteiger charge is 2.15. The van der Waals surface area contributed by atoms with Gasteiger partial charge in [-0.15, -0.1) is 0 Å². The van der Waals surface area contributed by atoms with E-state index in [1.807, 2.05) is 27.7 Å². The van der Waals surface area contributed by atoms with Crippen molar-refractivity contribution in [2.45, 2.75) is 40.5 Å². The molecular formula is C23H28N2. The molecule has 0 unspecified atom stereocenters. The first kappa shape index (κ1) is 17.3. The highest BCUT2D eigenvalue weighted by atomic mass is 14.9. The predicted molar refractivity (Wildman–Crippen MR) is 112 cm³/mol. The molecule has 1 aliphatic rings. The van der Waals surface area contributed by atoms with Crippen molar-refractivity contribution in [1.29, 1.82) is 0 Å². The second-order valence-corrected chi connectivity index (χ2v) is 5.95. The molecule has 0 atom stereocenters. The summed E-state index contributed by atoms with van der Waals surface area (Å²) in [6, 6.07) is 13.3. The maximum Gasteiger partial charge on any atom is 0.0510 e. The lowest BCUT2D eigenvalue weighted by molar-refractivity contribution is 0.992. The average molecular weight is 332 g/mol. The van der Waals surface area contributed by atoms with Crippen molar-refractivity contribution >= 4 is 38.8 Å². The minimum absolute atomic E-state index is 1.14. The lowest BCUT2D eigenvalue weighted by atomic mass is 10.00. The van der Waals surface area contributed by atoms with Crippen molar-refractivity contribution in [3.63, 3.8) is 0 Å². The number of fused-ring (bicyclic) bond motifs is 6. The molecule has 0 fully saturated rings. The lowest BCUT2D eigenvalue weighted by Crippen LogP contribution is -1.90. The van der Waals surface area contributed by atoms with Crippen LogP contribution in [0.15, 0.2) is 42.5 Å². The van der Waals surface area contributed by atoms with Gasteiger partial charge in [0.15, 0.2) is 0 Å². The first-order chi connectivity index (χ1) is 12.3. The van der Waals surface area contributed by atoms with Crippen LogP contribution in [0, 0.1) is 0 Å². The number of nitrogens with zero attached hydrogens (tertiary/aromatic N) is 1. The van der Waals surface area contributed by atoms with Crippen LogP contribution in [0.1, 0.15) is 45.4 Å². The van der Waals surface area contributed by atoms with Crippen molar-refractivity contribution in [1.82, 2.24) is 9.55 Å². The summed E-state index contributed by atoms with van der Waals surface area (Å²) >= 11 is 0.